The van der Waals surface area contributed by atoms with Crippen LogP contribution in [0.25, 0.3) is 10.6 Å². The zero-order valence-corrected chi connectivity index (χ0v) is 17.3. The number of carbonyl (C=O) groups excluding carboxylic acids is 1. The standard InChI is InChI=1S/C19H17Cl2N3O2S/c1-11-18(15(25)10-24(2)3)27-19(22-11)12-8-16(21)23-17(9-12)26-14-6-4-13(20)5-7-14/h4-9H,10H2,1-3H3. The molecule has 0 spiro atoms. The fourth-order valence-electron chi connectivity index (χ4n) is 2.41. The van der Waals surface area contributed by atoms with Gasteiger partial charge in [0.2, 0.25) is 5.88 Å². The molecule has 5 nitrogen and oxygen atoms in total. The molecule has 0 radical (unpaired) electrons. The maximum atomic E-state index is 12.4. The molecule has 2 aromatic heterocycles. The number of halogens is 2. The van der Waals surface area contributed by atoms with Crippen molar-refractivity contribution >= 4 is 40.3 Å². The number of aryl methyl sites for hydroxylation is 1. The summed E-state index contributed by atoms with van der Waals surface area (Å²) in [6.45, 7) is 2.17. The van der Waals surface area contributed by atoms with Gasteiger partial charge in [-0.15, -0.1) is 11.3 Å². The second-order valence-corrected chi connectivity index (χ2v) is 7.99. The minimum Gasteiger partial charge on any atom is -0.439 e. The number of hydrogen-bond acceptors (Lipinski definition) is 6. The molecule has 0 N–H and O–H groups in total. The Balaban J connectivity index is 1.90. The number of Topliss-reactive ketones (excluding diaryl/α,β-unsaturated/α-hetero) is 1. The molecule has 140 valence electrons. The highest BCUT2D eigenvalue weighted by atomic mass is 35.5. The van der Waals surface area contributed by atoms with E-state index in [0.717, 1.165) is 5.56 Å². The maximum absolute atomic E-state index is 12.4. The zero-order chi connectivity index (χ0) is 19.6. The molecular weight excluding hydrogens is 405 g/mol. The van der Waals surface area contributed by atoms with Gasteiger partial charge >= 0.3 is 0 Å². The molecule has 3 rings (SSSR count). The highest BCUT2D eigenvalue weighted by molar-refractivity contribution is 7.17. The molecular formula is C19H17Cl2N3O2S. The van der Waals surface area contributed by atoms with Crippen LogP contribution in [0.3, 0.4) is 0 Å². The van der Waals surface area contributed by atoms with E-state index in [-0.39, 0.29) is 10.9 Å². The van der Waals surface area contributed by atoms with Gasteiger partial charge in [0.15, 0.2) is 5.78 Å². The number of nitrogens with zero attached hydrogens (tertiary/aromatic N) is 3. The average Bonchev–Trinajstić information content (AvgIpc) is 2.98. The molecule has 2 heterocycles. The molecule has 0 aliphatic carbocycles. The summed E-state index contributed by atoms with van der Waals surface area (Å²) < 4.78 is 5.76. The van der Waals surface area contributed by atoms with E-state index >= 15 is 0 Å². The largest absolute Gasteiger partial charge is 0.439 e. The second kappa shape index (κ2) is 8.35. The van der Waals surface area contributed by atoms with Crippen molar-refractivity contribution in [1.29, 1.82) is 0 Å². The highest BCUT2D eigenvalue weighted by Gasteiger charge is 2.18. The number of hydrogen-bond donors (Lipinski definition) is 0. The third kappa shape index (κ3) is 5.05. The topological polar surface area (TPSA) is 55.3 Å². The van der Waals surface area contributed by atoms with Crippen LogP contribution in [-0.2, 0) is 0 Å². The molecule has 0 aliphatic rings. The van der Waals surface area contributed by atoms with Gasteiger partial charge in [-0.25, -0.2) is 9.97 Å². The number of ether oxygens (including phenoxy) is 1. The molecule has 0 atom stereocenters. The smallest absolute Gasteiger partial charge is 0.221 e. The van der Waals surface area contributed by atoms with Gasteiger partial charge in [-0.3, -0.25) is 4.79 Å². The molecule has 0 saturated heterocycles. The van der Waals surface area contributed by atoms with Crippen LogP contribution in [0.1, 0.15) is 15.4 Å². The fourth-order valence-corrected chi connectivity index (χ4v) is 3.72. The van der Waals surface area contributed by atoms with Crippen molar-refractivity contribution in [3.63, 3.8) is 0 Å². The summed E-state index contributed by atoms with van der Waals surface area (Å²) in [5, 5.41) is 1.60. The van der Waals surface area contributed by atoms with Crippen molar-refractivity contribution in [3.8, 4) is 22.2 Å². The predicted octanol–water partition coefficient (Wildman–Crippen LogP) is 5.36. The van der Waals surface area contributed by atoms with E-state index in [4.69, 9.17) is 27.9 Å². The first kappa shape index (κ1) is 19.8. The number of rotatable bonds is 6. The Morgan fingerprint density at radius 2 is 1.85 bits per heavy atom. The van der Waals surface area contributed by atoms with Crippen molar-refractivity contribution < 1.29 is 9.53 Å². The van der Waals surface area contributed by atoms with Crippen molar-refractivity contribution in [2.45, 2.75) is 6.92 Å². The normalized spacial score (nSPS) is 11.0. The molecule has 0 fully saturated rings. The van der Waals surface area contributed by atoms with Crippen molar-refractivity contribution in [3.05, 3.63) is 57.1 Å². The number of ketones is 1. The van der Waals surface area contributed by atoms with E-state index < -0.39 is 0 Å². The lowest BCUT2D eigenvalue weighted by molar-refractivity contribution is 0.0961. The third-order valence-corrected chi connectivity index (χ3v) is 5.26. The molecule has 0 bridgehead atoms. The number of aromatic nitrogens is 2. The fraction of sp³-hybridized carbons (Fsp3) is 0.211. The molecule has 0 unspecified atom stereocenters. The Morgan fingerprint density at radius 1 is 1.15 bits per heavy atom. The van der Waals surface area contributed by atoms with Crippen molar-refractivity contribution in [2.24, 2.45) is 0 Å². The van der Waals surface area contributed by atoms with Crippen molar-refractivity contribution in [1.82, 2.24) is 14.9 Å². The van der Waals surface area contributed by atoms with E-state index in [1.165, 1.54) is 11.3 Å². The van der Waals surface area contributed by atoms with Crippen molar-refractivity contribution in [2.75, 3.05) is 20.6 Å². The zero-order valence-electron chi connectivity index (χ0n) is 15.0. The lowest BCUT2D eigenvalue weighted by Crippen LogP contribution is -2.21. The Kier molecular flexibility index (Phi) is 6.11. The van der Waals surface area contributed by atoms with Gasteiger partial charge in [0, 0.05) is 16.7 Å². The molecule has 0 amide bonds. The minimum absolute atomic E-state index is 0.0408. The molecule has 0 saturated carbocycles. The Morgan fingerprint density at radius 3 is 2.52 bits per heavy atom. The number of pyridine rings is 1. The van der Waals surface area contributed by atoms with Crippen LogP contribution in [-0.4, -0.2) is 41.3 Å². The van der Waals surface area contributed by atoms with Crippen LogP contribution in [0, 0.1) is 6.92 Å². The summed E-state index contributed by atoms with van der Waals surface area (Å²) in [7, 11) is 3.72. The van der Waals surface area contributed by atoms with Crippen LogP contribution in [0.5, 0.6) is 11.6 Å². The first-order chi connectivity index (χ1) is 12.8. The quantitative estimate of drug-likeness (QED) is 0.396. The maximum Gasteiger partial charge on any atom is 0.221 e. The Hall–Kier alpha value is -1.99. The number of carbonyl (C=O) groups is 1. The van der Waals surface area contributed by atoms with Crippen LogP contribution >= 0.6 is 34.5 Å². The molecule has 27 heavy (non-hydrogen) atoms. The van der Waals surface area contributed by atoms with Gasteiger partial charge in [0.25, 0.3) is 0 Å². The number of thiazole rings is 1. The van der Waals surface area contributed by atoms with Gasteiger partial charge in [0.1, 0.15) is 15.9 Å². The van der Waals surface area contributed by atoms with Crippen LogP contribution in [0.4, 0.5) is 0 Å². The summed E-state index contributed by atoms with van der Waals surface area (Å²) in [5.74, 6) is 0.977. The minimum atomic E-state index is 0.0408. The van der Waals surface area contributed by atoms with Crippen LogP contribution in [0.15, 0.2) is 36.4 Å². The van der Waals surface area contributed by atoms with E-state index in [9.17, 15) is 4.79 Å². The first-order valence-corrected chi connectivity index (χ1v) is 9.66. The number of benzene rings is 1. The van der Waals surface area contributed by atoms with E-state index in [1.807, 2.05) is 25.9 Å². The molecule has 3 aromatic rings. The van der Waals surface area contributed by atoms with E-state index in [1.54, 1.807) is 36.4 Å². The molecule has 0 aliphatic heterocycles. The Bertz CT molecular complexity index is 972. The molecule has 8 heteroatoms. The lowest BCUT2D eigenvalue weighted by atomic mass is 10.2. The second-order valence-electron chi connectivity index (χ2n) is 6.17. The monoisotopic (exact) mass is 421 g/mol. The summed E-state index contributed by atoms with van der Waals surface area (Å²) in [5.41, 5.74) is 1.45. The Labute approximate surface area is 171 Å². The number of likely N-dealkylation sites (N-methyl/N-ethyl adjacent to an activating group) is 1. The van der Waals surface area contributed by atoms with Gasteiger partial charge in [-0.2, -0.15) is 0 Å². The van der Waals surface area contributed by atoms with E-state index in [0.29, 0.717) is 38.8 Å². The SMILES string of the molecule is Cc1nc(-c2cc(Cl)nc(Oc3ccc(Cl)cc3)c2)sc1C(=O)CN(C)C. The summed E-state index contributed by atoms with van der Waals surface area (Å²) in [6, 6.07) is 10.4. The summed E-state index contributed by atoms with van der Waals surface area (Å²) in [4.78, 5) is 23.6. The van der Waals surface area contributed by atoms with Gasteiger partial charge < -0.3 is 9.64 Å². The third-order valence-electron chi connectivity index (χ3n) is 3.56. The summed E-state index contributed by atoms with van der Waals surface area (Å²) in [6.07, 6.45) is 0. The van der Waals surface area contributed by atoms with Crippen LogP contribution in [0.2, 0.25) is 10.2 Å². The molecule has 1 aromatic carbocycles. The van der Waals surface area contributed by atoms with Gasteiger partial charge in [-0.05, 0) is 51.4 Å². The van der Waals surface area contributed by atoms with Gasteiger partial charge in [-0.1, -0.05) is 23.2 Å². The van der Waals surface area contributed by atoms with Gasteiger partial charge in [0.05, 0.1) is 17.1 Å². The highest BCUT2D eigenvalue weighted by Crippen LogP contribution is 2.33. The first-order valence-electron chi connectivity index (χ1n) is 8.08. The van der Waals surface area contributed by atoms with Crippen LogP contribution < -0.4 is 4.74 Å². The van der Waals surface area contributed by atoms with E-state index in [2.05, 4.69) is 9.97 Å². The summed E-state index contributed by atoms with van der Waals surface area (Å²) >= 11 is 13.4. The average molecular weight is 422 g/mol. The lowest BCUT2D eigenvalue weighted by Gasteiger charge is -2.07. The predicted molar refractivity (Wildman–Crippen MR) is 110 cm³/mol.